The molecule has 1 heterocycles. The van der Waals surface area contributed by atoms with Gasteiger partial charge in [0.05, 0.1) is 0 Å². The first kappa shape index (κ1) is 11.3. The van der Waals surface area contributed by atoms with Crippen molar-refractivity contribution in [3.05, 3.63) is 24.3 Å². The van der Waals surface area contributed by atoms with Crippen LogP contribution in [0.2, 0.25) is 0 Å². The molecule has 1 aliphatic heterocycles. The lowest BCUT2D eigenvalue weighted by Crippen LogP contribution is -2.46. The number of benzene rings is 1. The van der Waals surface area contributed by atoms with Gasteiger partial charge in [0.1, 0.15) is 0 Å². The van der Waals surface area contributed by atoms with Crippen LogP contribution >= 0.6 is 0 Å². The molecule has 2 rings (SSSR count). The van der Waals surface area contributed by atoms with Crippen molar-refractivity contribution in [2.45, 2.75) is 13.3 Å². The second-order valence-electron chi connectivity index (χ2n) is 4.42. The summed E-state index contributed by atoms with van der Waals surface area (Å²) in [5.74, 6) is 0. The minimum absolute atomic E-state index is 0.855. The average Bonchev–Trinajstić information content (AvgIpc) is 2.30. The Hall–Kier alpha value is -1.22. The maximum atomic E-state index is 5.80. The number of hydrogen-bond donors (Lipinski definition) is 1. The monoisotopic (exact) mass is 219 g/mol. The Morgan fingerprint density at radius 1 is 1.19 bits per heavy atom. The zero-order chi connectivity index (χ0) is 11.4. The summed E-state index contributed by atoms with van der Waals surface area (Å²) in [5, 5.41) is 0. The largest absolute Gasteiger partial charge is 0.399 e. The molecule has 88 valence electrons. The second kappa shape index (κ2) is 5.21. The van der Waals surface area contributed by atoms with Crippen LogP contribution in [0.3, 0.4) is 0 Å². The Balaban J connectivity index is 1.94. The summed E-state index contributed by atoms with van der Waals surface area (Å²) < 4.78 is 0. The quantitative estimate of drug-likeness (QED) is 0.787. The van der Waals surface area contributed by atoms with Gasteiger partial charge in [-0.3, -0.25) is 4.90 Å². The molecule has 0 spiro atoms. The zero-order valence-electron chi connectivity index (χ0n) is 10.0. The topological polar surface area (TPSA) is 32.5 Å². The van der Waals surface area contributed by atoms with Crippen molar-refractivity contribution in [3.8, 4) is 0 Å². The van der Waals surface area contributed by atoms with Crippen LogP contribution in [0.15, 0.2) is 24.3 Å². The second-order valence-corrected chi connectivity index (χ2v) is 4.42. The van der Waals surface area contributed by atoms with E-state index >= 15 is 0 Å². The van der Waals surface area contributed by atoms with Gasteiger partial charge in [0.2, 0.25) is 0 Å². The van der Waals surface area contributed by atoms with E-state index in [2.05, 4.69) is 28.9 Å². The Morgan fingerprint density at radius 3 is 2.56 bits per heavy atom. The highest BCUT2D eigenvalue weighted by Crippen LogP contribution is 2.18. The highest BCUT2D eigenvalue weighted by Gasteiger charge is 2.16. The Bertz CT molecular complexity index is 330. The fourth-order valence-corrected chi connectivity index (χ4v) is 2.27. The lowest BCUT2D eigenvalue weighted by molar-refractivity contribution is 0.258. The lowest BCUT2D eigenvalue weighted by atomic mass is 10.2. The van der Waals surface area contributed by atoms with Crippen molar-refractivity contribution in [2.24, 2.45) is 0 Å². The number of hydrogen-bond acceptors (Lipinski definition) is 3. The molecule has 3 heteroatoms. The van der Waals surface area contributed by atoms with Crippen molar-refractivity contribution >= 4 is 11.4 Å². The Labute approximate surface area is 97.8 Å². The number of nitrogens with zero attached hydrogens (tertiary/aromatic N) is 2. The molecule has 16 heavy (non-hydrogen) atoms. The van der Waals surface area contributed by atoms with E-state index < -0.39 is 0 Å². The smallest absolute Gasteiger partial charge is 0.0387 e. The summed E-state index contributed by atoms with van der Waals surface area (Å²) in [6, 6.07) is 8.18. The van der Waals surface area contributed by atoms with E-state index in [0.717, 1.165) is 18.8 Å². The third-order valence-electron chi connectivity index (χ3n) is 3.15. The summed E-state index contributed by atoms with van der Waals surface area (Å²) in [5.41, 5.74) is 7.92. The van der Waals surface area contributed by atoms with Gasteiger partial charge < -0.3 is 10.6 Å². The predicted molar refractivity (Wildman–Crippen MR) is 69.8 cm³/mol. The van der Waals surface area contributed by atoms with Gasteiger partial charge in [0.15, 0.2) is 0 Å². The van der Waals surface area contributed by atoms with Crippen molar-refractivity contribution in [1.29, 1.82) is 0 Å². The first-order chi connectivity index (χ1) is 7.79. The molecule has 0 radical (unpaired) electrons. The van der Waals surface area contributed by atoms with E-state index in [1.54, 1.807) is 0 Å². The van der Waals surface area contributed by atoms with E-state index in [9.17, 15) is 0 Å². The normalized spacial score (nSPS) is 17.7. The molecule has 0 unspecified atom stereocenters. The molecule has 0 aromatic heterocycles. The van der Waals surface area contributed by atoms with Gasteiger partial charge in [0, 0.05) is 37.6 Å². The molecule has 2 N–H and O–H groups in total. The van der Waals surface area contributed by atoms with Crippen LogP contribution < -0.4 is 10.6 Å². The highest BCUT2D eigenvalue weighted by atomic mass is 15.3. The van der Waals surface area contributed by atoms with Crippen LogP contribution in [0, 0.1) is 0 Å². The number of rotatable bonds is 3. The first-order valence-electron chi connectivity index (χ1n) is 6.12. The Kier molecular flexibility index (Phi) is 3.67. The average molecular weight is 219 g/mol. The van der Waals surface area contributed by atoms with E-state index in [1.807, 2.05) is 12.1 Å². The van der Waals surface area contributed by atoms with Crippen molar-refractivity contribution < 1.29 is 0 Å². The van der Waals surface area contributed by atoms with Crippen LogP contribution in [-0.2, 0) is 0 Å². The van der Waals surface area contributed by atoms with Crippen molar-refractivity contribution in [1.82, 2.24) is 4.90 Å². The van der Waals surface area contributed by atoms with Crippen LogP contribution in [0.4, 0.5) is 11.4 Å². The molecule has 0 atom stereocenters. The van der Waals surface area contributed by atoms with Crippen LogP contribution in [-0.4, -0.2) is 37.6 Å². The zero-order valence-corrected chi connectivity index (χ0v) is 10.0. The number of piperazine rings is 1. The van der Waals surface area contributed by atoms with Gasteiger partial charge >= 0.3 is 0 Å². The highest BCUT2D eigenvalue weighted by molar-refractivity contribution is 5.56. The van der Waals surface area contributed by atoms with Gasteiger partial charge in [-0.25, -0.2) is 0 Å². The molecule has 0 saturated carbocycles. The molecular weight excluding hydrogens is 198 g/mol. The first-order valence-corrected chi connectivity index (χ1v) is 6.12. The molecule has 0 aliphatic carbocycles. The summed E-state index contributed by atoms with van der Waals surface area (Å²) in [6.07, 6.45) is 1.25. The van der Waals surface area contributed by atoms with Gasteiger partial charge in [-0.05, 0) is 31.2 Å². The summed E-state index contributed by atoms with van der Waals surface area (Å²) in [4.78, 5) is 4.95. The third kappa shape index (κ3) is 2.67. The molecule has 1 aliphatic rings. The van der Waals surface area contributed by atoms with Crippen LogP contribution in [0.5, 0.6) is 0 Å². The summed E-state index contributed by atoms with van der Waals surface area (Å²) in [6.45, 7) is 8.03. The van der Waals surface area contributed by atoms with E-state index in [4.69, 9.17) is 5.73 Å². The fourth-order valence-electron chi connectivity index (χ4n) is 2.27. The fraction of sp³-hybridized carbons (Fsp3) is 0.538. The molecular formula is C13H21N3. The standard InChI is InChI=1S/C13H21N3/c1-2-6-15-7-9-16(10-8-15)13-5-3-4-12(14)11-13/h3-5,11H,2,6-10,14H2,1H3. The summed E-state index contributed by atoms with van der Waals surface area (Å²) in [7, 11) is 0. The molecule has 1 aromatic rings. The van der Waals surface area contributed by atoms with E-state index in [0.29, 0.717) is 0 Å². The number of anilines is 2. The van der Waals surface area contributed by atoms with Crippen LogP contribution in [0.25, 0.3) is 0 Å². The number of nitrogen functional groups attached to an aromatic ring is 1. The van der Waals surface area contributed by atoms with E-state index in [-0.39, 0.29) is 0 Å². The van der Waals surface area contributed by atoms with Gasteiger partial charge in [-0.1, -0.05) is 13.0 Å². The molecule has 1 saturated heterocycles. The van der Waals surface area contributed by atoms with Crippen molar-refractivity contribution in [3.63, 3.8) is 0 Å². The van der Waals surface area contributed by atoms with Gasteiger partial charge in [0.25, 0.3) is 0 Å². The lowest BCUT2D eigenvalue weighted by Gasteiger charge is -2.36. The molecule has 3 nitrogen and oxygen atoms in total. The van der Waals surface area contributed by atoms with E-state index in [1.165, 1.54) is 31.7 Å². The predicted octanol–water partition coefficient (Wildman–Crippen LogP) is 1.80. The van der Waals surface area contributed by atoms with Gasteiger partial charge in [-0.15, -0.1) is 0 Å². The minimum atomic E-state index is 0.855. The van der Waals surface area contributed by atoms with Gasteiger partial charge in [-0.2, -0.15) is 0 Å². The van der Waals surface area contributed by atoms with Crippen molar-refractivity contribution in [2.75, 3.05) is 43.4 Å². The maximum Gasteiger partial charge on any atom is 0.0387 e. The summed E-state index contributed by atoms with van der Waals surface area (Å²) >= 11 is 0. The Morgan fingerprint density at radius 2 is 1.94 bits per heavy atom. The SMILES string of the molecule is CCCN1CCN(c2cccc(N)c2)CC1. The maximum absolute atomic E-state index is 5.80. The van der Waals surface area contributed by atoms with Crippen LogP contribution in [0.1, 0.15) is 13.3 Å². The molecule has 0 amide bonds. The molecule has 1 aromatic carbocycles. The minimum Gasteiger partial charge on any atom is -0.399 e. The number of nitrogens with two attached hydrogens (primary N) is 1. The third-order valence-corrected chi connectivity index (χ3v) is 3.15. The molecule has 1 fully saturated rings. The molecule has 0 bridgehead atoms.